The van der Waals surface area contributed by atoms with Crippen molar-refractivity contribution < 1.29 is 14.2 Å². The zero-order valence-corrected chi connectivity index (χ0v) is 11.5. The molecule has 1 fully saturated rings. The van der Waals surface area contributed by atoms with Gasteiger partial charge in [0, 0.05) is 13.1 Å². The van der Waals surface area contributed by atoms with Crippen LogP contribution in [-0.4, -0.2) is 70.3 Å². The SMILES string of the molecule is CN(C)CCOCCNC1COC(C)(C)OC1. The second kappa shape index (κ2) is 7.28. The van der Waals surface area contributed by atoms with E-state index in [1.165, 1.54) is 0 Å². The maximum atomic E-state index is 5.56. The summed E-state index contributed by atoms with van der Waals surface area (Å²) in [6.45, 7) is 8.58. The third kappa shape index (κ3) is 6.95. The molecule has 0 aromatic carbocycles. The van der Waals surface area contributed by atoms with Gasteiger partial charge in [-0.1, -0.05) is 0 Å². The van der Waals surface area contributed by atoms with E-state index in [2.05, 4.69) is 10.2 Å². The predicted molar refractivity (Wildman–Crippen MR) is 67.1 cm³/mol. The Hall–Kier alpha value is -0.200. The lowest BCUT2D eigenvalue weighted by molar-refractivity contribution is -0.252. The summed E-state index contributed by atoms with van der Waals surface area (Å²) in [5.74, 6) is -0.430. The van der Waals surface area contributed by atoms with Crippen LogP contribution in [0.15, 0.2) is 0 Å². The maximum absolute atomic E-state index is 5.56. The van der Waals surface area contributed by atoms with E-state index < -0.39 is 5.79 Å². The summed E-state index contributed by atoms with van der Waals surface area (Å²) >= 11 is 0. The number of hydrogen-bond acceptors (Lipinski definition) is 5. The van der Waals surface area contributed by atoms with Crippen LogP contribution in [0.4, 0.5) is 0 Å². The molecule has 0 amide bonds. The first-order valence-electron chi connectivity index (χ1n) is 6.23. The van der Waals surface area contributed by atoms with Crippen molar-refractivity contribution in [2.45, 2.75) is 25.7 Å². The average molecular weight is 246 g/mol. The molecule has 1 heterocycles. The van der Waals surface area contributed by atoms with Gasteiger partial charge in [0.15, 0.2) is 5.79 Å². The number of likely N-dealkylation sites (N-methyl/N-ethyl adjacent to an activating group) is 1. The molecule has 5 heteroatoms. The fourth-order valence-electron chi connectivity index (χ4n) is 1.49. The van der Waals surface area contributed by atoms with Crippen molar-refractivity contribution in [3.05, 3.63) is 0 Å². The minimum atomic E-state index is -0.430. The molecule has 1 aliphatic rings. The van der Waals surface area contributed by atoms with Crippen molar-refractivity contribution in [3.63, 3.8) is 0 Å². The first-order valence-corrected chi connectivity index (χ1v) is 6.23. The second-order valence-electron chi connectivity index (χ2n) is 5.09. The van der Waals surface area contributed by atoms with Crippen molar-refractivity contribution >= 4 is 0 Å². The molecule has 1 aliphatic heterocycles. The predicted octanol–water partition coefficient (Wildman–Crippen LogP) is 0.306. The summed E-state index contributed by atoms with van der Waals surface area (Å²) in [5.41, 5.74) is 0. The fraction of sp³-hybridized carbons (Fsp3) is 1.00. The van der Waals surface area contributed by atoms with Gasteiger partial charge < -0.3 is 24.4 Å². The lowest BCUT2D eigenvalue weighted by atomic mass is 10.2. The van der Waals surface area contributed by atoms with Crippen LogP contribution in [0, 0.1) is 0 Å². The molecule has 1 saturated heterocycles. The average Bonchev–Trinajstić information content (AvgIpc) is 2.25. The maximum Gasteiger partial charge on any atom is 0.162 e. The van der Waals surface area contributed by atoms with E-state index in [0.29, 0.717) is 13.2 Å². The second-order valence-corrected chi connectivity index (χ2v) is 5.09. The molecule has 0 aliphatic carbocycles. The minimum Gasteiger partial charge on any atom is -0.379 e. The van der Waals surface area contributed by atoms with Gasteiger partial charge in [0.1, 0.15) is 0 Å². The van der Waals surface area contributed by atoms with Crippen molar-refractivity contribution in [3.8, 4) is 0 Å². The first-order chi connectivity index (χ1) is 7.99. The standard InChI is InChI=1S/C12H26N2O3/c1-12(2)16-9-11(10-17-12)13-5-7-15-8-6-14(3)4/h11,13H,5-10H2,1-4H3. The van der Waals surface area contributed by atoms with Crippen molar-refractivity contribution in [1.29, 1.82) is 0 Å². The Morgan fingerprint density at radius 2 is 1.88 bits per heavy atom. The molecule has 5 nitrogen and oxygen atoms in total. The normalized spacial score (nSPS) is 21.0. The largest absolute Gasteiger partial charge is 0.379 e. The summed E-state index contributed by atoms with van der Waals surface area (Å²) in [6.07, 6.45) is 0. The van der Waals surface area contributed by atoms with Gasteiger partial charge in [0.05, 0.1) is 32.5 Å². The molecule has 0 atom stereocenters. The first kappa shape index (κ1) is 14.9. The van der Waals surface area contributed by atoms with E-state index in [1.807, 2.05) is 27.9 Å². The molecular formula is C12H26N2O3. The molecule has 0 bridgehead atoms. The van der Waals surface area contributed by atoms with E-state index in [9.17, 15) is 0 Å². The topological polar surface area (TPSA) is 43.0 Å². The van der Waals surface area contributed by atoms with Gasteiger partial charge in [-0.3, -0.25) is 0 Å². The molecular weight excluding hydrogens is 220 g/mol. The highest BCUT2D eigenvalue weighted by Crippen LogP contribution is 2.16. The zero-order chi connectivity index (χ0) is 12.7. The van der Waals surface area contributed by atoms with Crippen molar-refractivity contribution in [2.24, 2.45) is 0 Å². The number of nitrogens with one attached hydrogen (secondary N) is 1. The fourth-order valence-corrected chi connectivity index (χ4v) is 1.49. The molecule has 0 spiro atoms. The Balaban J connectivity index is 1.94. The van der Waals surface area contributed by atoms with Crippen LogP contribution in [0.2, 0.25) is 0 Å². The molecule has 0 aromatic rings. The lowest BCUT2D eigenvalue weighted by Gasteiger charge is -2.35. The van der Waals surface area contributed by atoms with E-state index in [1.54, 1.807) is 0 Å². The quantitative estimate of drug-likeness (QED) is 0.655. The molecule has 0 unspecified atom stereocenters. The summed E-state index contributed by atoms with van der Waals surface area (Å²) < 4.78 is 16.6. The highest BCUT2D eigenvalue weighted by Gasteiger charge is 2.27. The lowest BCUT2D eigenvalue weighted by Crippen LogP contribution is -2.49. The summed E-state index contributed by atoms with van der Waals surface area (Å²) in [7, 11) is 4.08. The molecule has 0 radical (unpaired) electrons. The number of rotatable bonds is 7. The highest BCUT2D eigenvalue weighted by molar-refractivity contribution is 4.72. The smallest absolute Gasteiger partial charge is 0.162 e. The van der Waals surface area contributed by atoms with Gasteiger partial charge in [-0.25, -0.2) is 0 Å². The Morgan fingerprint density at radius 1 is 1.24 bits per heavy atom. The van der Waals surface area contributed by atoms with Crippen LogP contribution in [-0.2, 0) is 14.2 Å². The Kier molecular flexibility index (Phi) is 6.37. The van der Waals surface area contributed by atoms with Gasteiger partial charge in [0.25, 0.3) is 0 Å². The van der Waals surface area contributed by atoms with Crippen LogP contribution >= 0.6 is 0 Å². The monoisotopic (exact) mass is 246 g/mol. The Bertz CT molecular complexity index is 200. The van der Waals surface area contributed by atoms with Crippen LogP contribution in [0.5, 0.6) is 0 Å². The highest BCUT2D eigenvalue weighted by atomic mass is 16.7. The van der Waals surface area contributed by atoms with Gasteiger partial charge in [-0.2, -0.15) is 0 Å². The Labute approximate surface area is 104 Å². The molecule has 1 rings (SSSR count). The third-order valence-electron chi connectivity index (χ3n) is 2.63. The van der Waals surface area contributed by atoms with Crippen LogP contribution < -0.4 is 5.32 Å². The van der Waals surface area contributed by atoms with E-state index in [4.69, 9.17) is 14.2 Å². The van der Waals surface area contributed by atoms with E-state index >= 15 is 0 Å². The summed E-state index contributed by atoms with van der Waals surface area (Å²) in [6, 6.07) is 0.278. The van der Waals surface area contributed by atoms with Gasteiger partial charge >= 0.3 is 0 Å². The molecule has 0 aromatic heterocycles. The van der Waals surface area contributed by atoms with E-state index in [-0.39, 0.29) is 6.04 Å². The van der Waals surface area contributed by atoms with Crippen molar-refractivity contribution in [1.82, 2.24) is 10.2 Å². The molecule has 17 heavy (non-hydrogen) atoms. The molecule has 0 saturated carbocycles. The number of ether oxygens (including phenoxy) is 3. The van der Waals surface area contributed by atoms with Gasteiger partial charge in [-0.15, -0.1) is 0 Å². The number of hydrogen-bond donors (Lipinski definition) is 1. The van der Waals surface area contributed by atoms with Gasteiger partial charge in [0.2, 0.25) is 0 Å². The van der Waals surface area contributed by atoms with E-state index in [0.717, 1.165) is 26.3 Å². The Morgan fingerprint density at radius 3 is 2.47 bits per heavy atom. The zero-order valence-electron chi connectivity index (χ0n) is 11.5. The van der Waals surface area contributed by atoms with Gasteiger partial charge in [-0.05, 0) is 27.9 Å². The van der Waals surface area contributed by atoms with Crippen LogP contribution in [0.1, 0.15) is 13.8 Å². The van der Waals surface area contributed by atoms with Crippen molar-refractivity contribution in [2.75, 3.05) is 53.6 Å². The third-order valence-corrected chi connectivity index (χ3v) is 2.63. The summed E-state index contributed by atoms with van der Waals surface area (Å²) in [4.78, 5) is 2.11. The van der Waals surface area contributed by atoms with Crippen LogP contribution in [0.3, 0.4) is 0 Å². The van der Waals surface area contributed by atoms with Crippen LogP contribution in [0.25, 0.3) is 0 Å². The summed E-state index contributed by atoms with van der Waals surface area (Å²) in [5, 5.41) is 3.36. The molecule has 102 valence electrons. The number of nitrogens with zero attached hydrogens (tertiary/aromatic N) is 1. The molecule has 1 N–H and O–H groups in total. The minimum absolute atomic E-state index is 0.278.